The van der Waals surface area contributed by atoms with Crippen LogP contribution in [0.15, 0.2) is 59.3 Å². The van der Waals surface area contributed by atoms with E-state index in [1.54, 1.807) is 18.2 Å². The normalized spacial score (nSPS) is 11.2. The van der Waals surface area contributed by atoms with Crippen LogP contribution in [-0.2, 0) is 9.47 Å². The Bertz CT molecular complexity index is 1870. The Labute approximate surface area is 265 Å². The van der Waals surface area contributed by atoms with E-state index in [-0.39, 0.29) is 17.8 Å². The van der Waals surface area contributed by atoms with Gasteiger partial charge in [-0.3, -0.25) is 0 Å². The van der Waals surface area contributed by atoms with E-state index >= 15 is 0 Å². The molecule has 0 amide bonds. The van der Waals surface area contributed by atoms with Gasteiger partial charge in [-0.25, -0.2) is 14.0 Å². The minimum atomic E-state index is -0.424. The average molecular weight is 666 g/mol. The van der Waals surface area contributed by atoms with Crippen molar-refractivity contribution in [2.24, 2.45) is 0 Å². The number of nitrogens with zero attached hydrogens (tertiary/aromatic N) is 2. The lowest BCUT2D eigenvalue weighted by Gasteiger charge is -2.13. The lowest BCUT2D eigenvalue weighted by molar-refractivity contribution is 0.0594. The van der Waals surface area contributed by atoms with Gasteiger partial charge in [0.2, 0.25) is 0 Å². The summed E-state index contributed by atoms with van der Waals surface area (Å²) in [6.07, 6.45) is 4.12. The summed E-state index contributed by atoms with van der Waals surface area (Å²) in [6.45, 7) is 12.4. The van der Waals surface area contributed by atoms with Gasteiger partial charge in [0.05, 0.1) is 38.0 Å². The van der Waals surface area contributed by atoms with Gasteiger partial charge in [-0.05, 0) is 100 Å². The number of aryl methyl sites for hydroxylation is 2. The highest BCUT2D eigenvalue weighted by atomic mass is 79.9. The number of carbonyl (C=O) groups is 2. The first-order chi connectivity index (χ1) is 20.8. The van der Waals surface area contributed by atoms with Crippen molar-refractivity contribution in [2.45, 2.75) is 53.6 Å². The molecule has 0 aliphatic carbocycles. The third kappa shape index (κ3) is 6.24. The third-order valence-corrected chi connectivity index (χ3v) is 8.08. The minimum Gasteiger partial charge on any atom is -0.494 e. The molecule has 5 aromatic rings. The highest BCUT2D eigenvalue weighted by molar-refractivity contribution is 9.10. The Hall–Kier alpha value is -4.11. The van der Waals surface area contributed by atoms with Crippen LogP contribution in [-0.4, -0.2) is 42.4 Å². The zero-order valence-corrected chi connectivity index (χ0v) is 28.1. The van der Waals surface area contributed by atoms with Crippen molar-refractivity contribution in [1.82, 2.24) is 9.13 Å². The molecule has 0 spiro atoms. The van der Waals surface area contributed by atoms with Crippen LogP contribution in [0.1, 0.15) is 71.6 Å². The van der Waals surface area contributed by atoms with Crippen molar-refractivity contribution in [3.63, 3.8) is 0 Å². The van der Waals surface area contributed by atoms with E-state index in [4.69, 9.17) is 14.2 Å². The number of hydrogen-bond donors (Lipinski definition) is 0. The summed E-state index contributed by atoms with van der Waals surface area (Å²) in [6, 6.07) is 12.9. The molecule has 0 atom stereocenters. The van der Waals surface area contributed by atoms with Crippen LogP contribution in [0.4, 0.5) is 4.39 Å². The zero-order valence-electron chi connectivity index (χ0n) is 26.5. The number of fused-ring (bicyclic) bond motifs is 2. The van der Waals surface area contributed by atoms with Gasteiger partial charge in [0.1, 0.15) is 0 Å². The summed E-state index contributed by atoms with van der Waals surface area (Å²) in [5.74, 6) is -0.953. The first kappa shape index (κ1) is 32.8. The van der Waals surface area contributed by atoms with E-state index in [2.05, 4.69) is 59.0 Å². The Morgan fingerprint density at radius 3 is 1.70 bits per heavy atom. The van der Waals surface area contributed by atoms with E-state index in [9.17, 15) is 14.0 Å². The number of hydrogen-bond acceptors (Lipinski definition) is 5. The number of ether oxygens (including phenoxy) is 3. The number of aromatic nitrogens is 2. The van der Waals surface area contributed by atoms with Crippen LogP contribution in [0.3, 0.4) is 0 Å². The SMILES string of the molecule is COC(=O)c1cc(-c2ccc(F)c(OC)c2)cc2c1c(C)cn2C(C)C.COC(=O)c1cc(Br)cc2c1c(C)cn2C(C)C. The number of carbonyl (C=O) groups excluding carboxylic acids is 2. The van der Waals surface area contributed by atoms with Crippen molar-refractivity contribution in [2.75, 3.05) is 21.3 Å². The summed E-state index contributed by atoms with van der Waals surface area (Å²) in [4.78, 5) is 24.3. The minimum absolute atomic E-state index is 0.164. The largest absolute Gasteiger partial charge is 0.494 e. The second-order valence-corrected chi connectivity index (χ2v) is 12.1. The molecular weight excluding hydrogens is 627 g/mol. The van der Waals surface area contributed by atoms with Crippen LogP contribution in [0.25, 0.3) is 32.9 Å². The molecule has 5 rings (SSSR count). The van der Waals surface area contributed by atoms with Crippen LogP contribution in [0, 0.1) is 19.7 Å². The molecule has 0 N–H and O–H groups in total. The Morgan fingerprint density at radius 1 is 0.727 bits per heavy atom. The van der Waals surface area contributed by atoms with Gasteiger partial charge in [0, 0.05) is 45.2 Å². The molecule has 3 aromatic carbocycles. The zero-order chi connectivity index (χ0) is 32.5. The van der Waals surface area contributed by atoms with Crippen molar-refractivity contribution >= 4 is 49.7 Å². The molecule has 232 valence electrons. The Morgan fingerprint density at radius 2 is 1.23 bits per heavy atom. The summed E-state index contributed by atoms with van der Waals surface area (Å²) in [7, 11) is 4.21. The summed E-state index contributed by atoms with van der Waals surface area (Å²) in [5.41, 5.74) is 6.78. The van der Waals surface area contributed by atoms with Gasteiger partial charge in [-0.2, -0.15) is 0 Å². The molecule has 0 bridgehead atoms. The first-order valence-electron chi connectivity index (χ1n) is 14.3. The molecule has 2 aromatic heterocycles. The average Bonchev–Trinajstić information content (AvgIpc) is 3.52. The second-order valence-electron chi connectivity index (χ2n) is 11.2. The van der Waals surface area contributed by atoms with Crippen LogP contribution < -0.4 is 4.74 Å². The fourth-order valence-electron chi connectivity index (χ4n) is 5.54. The molecule has 7 nitrogen and oxygen atoms in total. The summed E-state index contributed by atoms with van der Waals surface area (Å²) < 4.78 is 33.9. The van der Waals surface area contributed by atoms with Gasteiger partial charge in [-0.15, -0.1) is 0 Å². The lowest BCUT2D eigenvalue weighted by Crippen LogP contribution is -2.04. The standard InChI is InChI=1S/C21H22FNO3.C14H16BrNO2/c1-12(2)23-11-13(3)20-16(21(24)26-5)8-15(9-18(20)23)14-6-7-17(22)19(10-14)25-4;1-8(2)16-7-9(3)13-11(14(17)18-4)5-10(15)6-12(13)16/h6-12H,1-5H3;5-8H,1-4H3. The summed E-state index contributed by atoms with van der Waals surface area (Å²) >= 11 is 3.45. The maximum absolute atomic E-state index is 13.8. The van der Waals surface area contributed by atoms with Crippen molar-refractivity contribution in [3.05, 3.63) is 87.4 Å². The van der Waals surface area contributed by atoms with Crippen LogP contribution >= 0.6 is 15.9 Å². The van der Waals surface area contributed by atoms with E-state index < -0.39 is 11.8 Å². The molecule has 0 radical (unpaired) electrons. The smallest absolute Gasteiger partial charge is 0.338 e. The third-order valence-electron chi connectivity index (χ3n) is 7.62. The molecule has 0 aliphatic heterocycles. The molecule has 44 heavy (non-hydrogen) atoms. The van der Waals surface area contributed by atoms with Crippen molar-refractivity contribution in [1.29, 1.82) is 0 Å². The molecule has 0 saturated heterocycles. The monoisotopic (exact) mass is 664 g/mol. The van der Waals surface area contributed by atoms with Gasteiger partial charge in [0.25, 0.3) is 0 Å². The highest BCUT2D eigenvalue weighted by Gasteiger charge is 2.20. The maximum Gasteiger partial charge on any atom is 0.338 e. The van der Waals surface area contributed by atoms with Gasteiger partial charge in [0.15, 0.2) is 11.6 Å². The predicted molar refractivity (Wildman–Crippen MR) is 176 cm³/mol. The highest BCUT2D eigenvalue weighted by Crippen LogP contribution is 2.35. The molecule has 0 aliphatic rings. The number of halogens is 2. The predicted octanol–water partition coefficient (Wildman–Crippen LogP) is 9.21. The van der Waals surface area contributed by atoms with E-state index in [0.29, 0.717) is 17.2 Å². The fourth-order valence-corrected chi connectivity index (χ4v) is 5.99. The van der Waals surface area contributed by atoms with E-state index in [1.165, 1.54) is 27.4 Å². The first-order valence-corrected chi connectivity index (χ1v) is 15.1. The fraction of sp³-hybridized carbons (Fsp3) is 0.314. The van der Waals surface area contributed by atoms with Gasteiger partial charge >= 0.3 is 11.9 Å². The van der Waals surface area contributed by atoms with E-state index in [1.807, 2.05) is 38.2 Å². The van der Waals surface area contributed by atoms with Gasteiger partial charge in [-0.1, -0.05) is 22.0 Å². The molecule has 2 heterocycles. The quantitative estimate of drug-likeness (QED) is 0.169. The molecule has 0 fully saturated rings. The van der Waals surface area contributed by atoms with E-state index in [0.717, 1.165) is 48.5 Å². The molecule has 9 heteroatoms. The van der Waals surface area contributed by atoms with Crippen LogP contribution in [0.5, 0.6) is 5.75 Å². The molecule has 0 saturated carbocycles. The summed E-state index contributed by atoms with van der Waals surface area (Å²) in [5, 5.41) is 1.85. The molecular formula is C35H38BrFN2O5. The van der Waals surface area contributed by atoms with Gasteiger partial charge < -0.3 is 23.3 Å². The maximum atomic E-state index is 13.8. The van der Waals surface area contributed by atoms with Crippen molar-refractivity contribution < 1.29 is 28.2 Å². The van der Waals surface area contributed by atoms with Crippen LogP contribution in [0.2, 0.25) is 0 Å². The number of methoxy groups -OCH3 is 3. The topological polar surface area (TPSA) is 71.7 Å². The number of esters is 2. The number of rotatable bonds is 6. The lowest BCUT2D eigenvalue weighted by atomic mass is 9.98. The Balaban J connectivity index is 0.000000215. The number of benzene rings is 3. The van der Waals surface area contributed by atoms with Crippen molar-refractivity contribution in [3.8, 4) is 16.9 Å². The second kappa shape index (κ2) is 13.3. The Kier molecular flexibility index (Phi) is 9.88. The molecule has 0 unspecified atom stereocenters.